The smallest absolute Gasteiger partial charge is 0.162 e. The lowest BCUT2D eigenvalue weighted by Gasteiger charge is -2.30. The van der Waals surface area contributed by atoms with E-state index >= 15 is 0 Å². The van der Waals surface area contributed by atoms with Gasteiger partial charge >= 0.3 is 0 Å². The predicted octanol–water partition coefficient (Wildman–Crippen LogP) is 4.27. The van der Waals surface area contributed by atoms with Gasteiger partial charge < -0.3 is 15.0 Å². The summed E-state index contributed by atoms with van der Waals surface area (Å²) < 4.78 is 5.56. The summed E-state index contributed by atoms with van der Waals surface area (Å²) in [4.78, 5) is 12.4. The number of nitrogens with one attached hydrogen (secondary N) is 1. The zero-order chi connectivity index (χ0) is 18.9. The summed E-state index contributed by atoms with van der Waals surface area (Å²) in [5, 5.41) is 4.25. The second-order valence-corrected chi connectivity index (χ2v) is 7.46. The molecule has 1 N–H and O–H groups in total. The molecule has 1 fully saturated rings. The van der Waals surface area contributed by atoms with Crippen LogP contribution in [0.5, 0.6) is 0 Å². The molecule has 0 spiro atoms. The number of fused-ring (bicyclic) bond motifs is 3. The quantitative estimate of drug-likeness (QED) is 0.705. The van der Waals surface area contributed by atoms with Gasteiger partial charge in [-0.3, -0.25) is 0 Å². The third-order valence-corrected chi connectivity index (χ3v) is 5.52. The minimum atomic E-state index is 0.710. The number of hydrogen-bond acceptors (Lipinski definition) is 5. The number of ether oxygens (including phenoxy) is 1. The standard InChI is InChI=1S/C22H21ClN4O/c23-16-7-5-15(6-8-16)21-25-20-17-3-1-2-4-19(17)24-10-9-18(20)22(26-21)27-11-13-28-14-12-27/h1-8,24H,9-14H2. The summed E-state index contributed by atoms with van der Waals surface area (Å²) in [5.74, 6) is 1.75. The van der Waals surface area contributed by atoms with Crippen LogP contribution in [-0.4, -0.2) is 42.8 Å². The number of nitrogens with zero attached hydrogens (tertiary/aromatic N) is 3. The average molecular weight is 393 g/mol. The lowest BCUT2D eigenvalue weighted by molar-refractivity contribution is 0.122. The summed E-state index contributed by atoms with van der Waals surface area (Å²) in [6.07, 6.45) is 0.887. The van der Waals surface area contributed by atoms with Crippen molar-refractivity contribution in [3.63, 3.8) is 0 Å². The van der Waals surface area contributed by atoms with Crippen LogP contribution in [0, 0.1) is 0 Å². The van der Waals surface area contributed by atoms with Crippen molar-refractivity contribution >= 4 is 23.1 Å². The first-order valence-corrected chi connectivity index (χ1v) is 10.0. The van der Waals surface area contributed by atoms with E-state index in [1.54, 1.807) is 0 Å². The summed E-state index contributed by atoms with van der Waals surface area (Å²) in [6.45, 7) is 4.01. The summed E-state index contributed by atoms with van der Waals surface area (Å²) >= 11 is 6.08. The SMILES string of the molecule is Clc1ccc(-c2nc3c(c(N4CCOCC4)n2)CCNc2ccccc2-3)cc1. The lowest BCUT2D eigenvalue weighted by Crippen LogP contribution is -2.37. The number of halogens is 1. The second-order valence-electron chi connectivity index (χ2n) is 7.03. The highest BCUT2D eigenvalue weighted by Crippen LogP contribution is 2.37. The molecule has 5 rings (SSSR count). The Bertz CT molecular complexity index is 1000. The lowest BCUT2D eigenvalue weighted by atomic mass is 10.0. The molecular weight excluding hydrogens is 372 g/mol. The van der Waals surface area contributed by atoms with Gasteiger partial charge in [0.05, 0.1) is 18.9 Å². The Hall–Kier alpha value is -2.63. The van der Waals surface area contributed by atoms with E-state index in [2.05, 4.69) is 34.5 Å². The van der Waals surface area contributed by atoms with Gasteiger partial charge in [-0.05, 0) is 36.8 Å². The first-order valence-electron chi connectivity index (χ1n) is 9.62. The minimum absolute atomic E-state index is 0.710. The summed E-state index contributed by atoms with van der Waals surface area (Å²) in [7, 11) is 0. The number of benzene rings is 2. The Morgan fingerprint density at radius 1 is 0.964 bits per heavy atom. The molecule has 3 aromatic rings. The van der Waals surface area contributed by atoms with E-state index in [1.807, 2.05) is 24.3 Å². The predicted molar refractivity (Wildman–Crippen MR) is 113 cm³/mol. The van der Waals surface area contributed by atoms with Gasteiger partial charge in [-0.15, -0.1) is 0 Å². The van der Waals surface area contributed by atoms with Crippen LogP contribution >= 0.6 is 11.6 Å². The Morgan fingerprint density at radius 2 is 1.75 bits per heavy atom. The number of aromatic nitrogens is 2. The molecule has 0 bridgehead atoms. The normalized spacial score (nSPS) is 16.0. The third-order valence-electron chi connectivity index (χ3n) is 5.27. The first kappa shape index (κ1) is 17.5. The van der Waals surface area contributed by atoms with Crippen molar-refractivity contribution in [2.75, 3.05) is 43.1 Å². The third kappa shape index (κ3) is 3.21. The molecule has 2 aromatic carbocycles. The molecule has 0 aliphatic carbocycles. The number of hydrogen-bond donors (Lipinski definition) is 1. The fourth-order valence-electron chi connectivity index (χ4n) is 3.86. The van der Waals surface area contributed by atoms with Crippen molar-refractivity contribution in [1.82, 2.24) is 9.97 Å². The van der Waals surface area contributed by atoms with Crippen LogP contribution in [0.1, 0.15) is 5.56 Å². The maximum Gasteiger partial charge on any atom is 0.162 e. The topological polar surface area (TPSA) is 50.3 Å². The molecule has 0 saturated carbocycles. The van der Waals surface area contributed by atoms with E-state index < -0.39 is 0 Å². The largest absolute Gasteiger partial charge is 0.384 e. The molecule has 5 nitrogen and oxygen atoms in total. The maximum absolute atomic E-state index is 6.08. The van der Waals surface area contributed by atoms with Crippen molar-refractivity contribution < 1.29 is 4.74 Å². The van der Waals surface area contributed by atoms with Crippen LogP contribution in [0.2, 0.25) is 5.02 Å². The van der Waals surface area contributed by atoms with Crippen LogP contribution in [0.3, 0.4) is 0 Å². The van der Waals surface area contributed by atoms with Crippen LogP contribution in [0.15, 0.2) is 48.5 Å². The Labute approximate surface area is 169 Å². The molecule has 1 aromatic heterocycles. The van der Waals surface area contributed by atoms with E-state index in [1.165, 1.54) is 5.56 Å². The van der Waals surface area contributed by atoms with Crippen LogP contribution in [0.4, 0.5) is 11.5 Å². The van der Waals surface area contributed by atoms with E-state index in [9.17, 15) is 0 Å². The van der Waals surface area contributed by atoms with E-state index in [4.69, 9.17) is 26.3 Å². The maximum atomic E-state index is 6.08. The molecule has 6 heteroatoms. The van der Waals surface area contributed by atoms with Crippen LogP contribution in [0.25, 0.3) is 22.6 Å². The van der Waals surface area contributed by atoms with E-state index in [-0.39, 0.29) is 0 Å². The van der Waals surface area contributed by atoms with E-state index in [0.29, 0.717) is 5.02 Å². The second kappa shape index (κ2) is 7.41. The van der Waals surface area contributed by atoms with Gasteiger partial charge in [-0.2, -0.15) is 0 Å². The van der Waals surface area contributed by atoms with Crippen LogP contribution < -0.4 is 10.2 Å². The molecule has 0 unspecified atom stereocenters. The molecule has 0 atom stereocenters. The van der Waals surface area contributed by atoms with Gasteiger partial charge in [0.25, 0.3) is 0 Å². The first-order chi connectivity index (χ1) is 13.8. The highest BCUT2D eigenvalue weighted by atomic mass is 35.5. The monoisotopic (exact) mass is 392 g/mol. The molecule has 2 aliphatic rings. The fraction of sp³-hybridized carbons (Fsp3) is 0.273. The Kier molecular flexibility index (Phi) is 4.63. The van der Waals surface area contributed by atoms with Gasteiger partial charge in [0.15, 0.2) is 5.82 Å². The summed E-state index contributed by atoms with van der Waals surface area (Å²) in [5.41, 5.74) is 5.44. The van der Waals surface area contributed by atoms with Gasteiger partial charge in [-0.25, -0.2) is 9.97 Å². The molecule has 28 heavy (non-hydrogen) atoms. The average Bonchev–Trinajstić information content (AvgIpc) is 2.94. The van der Waals surface area contributed by atoms with Gasteiger partial charge in [0.2, 0.25) is 0 Å². The molecule has 142 valence electrons. The highest BCUT2D eigenvalue weighted by molar-refractivity contribution is 6.30. The number of morpholine rings is 1. The van der Waals surface area contributed by atoms with Gasteiger partial charge in [-0.1, -0.05) is 29.8 Å². The van der Waals surface area contributed by atoms with Crippen molar-refractivity contribution in [2.24, 2.45) is 0 Å². The molecular formula is C22H21ClN4O. The fourth-order valence-corrected chi connectivity index (χ4v) is 3.98. The minimum Gasteiger partial charge on any atom is -0.384 e. The number of para-hydroxylation sites is 1. The Balaban J connectivity index is 1.73. The van der Waals surface area contributed by atoms with Crippen LogP contribution in [-0.2, 0) is 11.2 Å². The van der Waals surface area contributed by atoms with Gasteiger partial charge in [0.1, 0.15) is 5.82 Å². The Morgan fingerprint density at radius 3 is 2.57 bits per heavy atom. The van der Waals surface area contributed by atoms with Gasteiger partial charge in [0, 0.05) is 47.0 Å². The zero-order valence-corrected chi connectivity index (χ0v) is 16.2. The molecule has 3 heterocycles. The zero-order valence-electron chi connectivity index (χ0n) is 15.5. The van der Waals surface area contributed by atoms with Crippen molar-refractivity contribution in [3.8, 4) is 22.6 Å². The molecule has 0 amide bonds. The van der Waals surface area contributed by atoms with Crippen molar-refractivity contribution in [2.45, 2.75) is 6.42 Å². The highest BCUT2D eigenvalue weighted by Gasteiger charge is 2.25. The molecule has 2 aliphatic heterocycles. The van der Waals surface area contributed by atoms with Crippen molar-refractivity contribution in [3.05, 3.63) is 59.1 Å². The molecule has 1 saturated heterocycles. The van der Waals surface area contributed by atoms with E-state index in [0.717, 1.165) is 73.4 Å². The summed E-state index contributed by atoms with van der Waals surface area (Å²) in [6, 6.07) is 16.1. The van der Waals surface area contributed by atoms with Crippen molar-refractivity contribution in [1.29, 1.82) is 0 Å². The number of anilines is 2. The number of rotatable bonds is 2. The molecule has 0 radical (unpaired) electrons.